The Morgan fingerprint density at radius 2 is 1.80 bits per heavy atom. The number of amides is 1. The first-order valence-corrected chi connectivity index (χ1v) is 9.55. The van der Waals surface area contributed by atoms with Gasteiger partial charge in [-0.3, -0.25) is 9.10 Å². The molecule has 130 valence electrons. The third-order valence-corrected chi connectivity index (χ3v) is 6.75. The topological polar surface area (TPSA) is 89.7 Å². The SMILES string of the molecule is COc1ccc(S(=O)(=O)N(C)c2ccc3sc(C(N)=O)cc3c2)cc1. The average Bonchev–Trinajstić information content (AvgIpc) is 3.04. The lowest BCUT2D eigenvalue weighted by molar-refractivity contribution is 0.100. The summed E-state index contributed by atoms with van der Waals surface area (Å²) in [6.45, 7) is 0. The molecule has 0 spiro atoms. The minimum Gasteiger partial charge on any atom is -0.497 e. The van der Waals surface area contributed by atoms with E-state index in [1.165, 1.54) is 41.9 Å². The van der Waals surface area contributed by atoms with Crippen molar-refractivity contribution in [2.45, 2.75) is 4.90 Å². The molecule has 0 fully saturated rings. The first-order valence-electron chi connectivity index (χ1n) is 7.29. The summed E-state index contributed by atoms with van der Waals surface area (Å²) >= 11 is 1.28. The van der Waals surface area contributed by atoms with Crippen LogP contribution in [-0.4, -0.2) is 28.5 Å². The van der Waals surface area contributed by atoms with Crippen LogP contribution in [0.5, 0.6) is 5.75 Å². The maximum absolute atomic E-state index is 12.8. The lowest BCUT2D eigenvalue weighted by Gasteiger charge is -2.19. The number of fused-ring (bicyclic) bond motifs is 1. The van der Waals surface area contributed by atoms with Crippen molar-refractivity contribution in [2.24, 2.45) is 5.73 Å². The molecular weight excluding hydrogens is 360 g/mol. The van der Waals surface area contributed by atoms with Crippen LogP contribution in [0.25, 0.3) is 10.1 Å². The smallest absolute Gasteiger partial charge is 0.264 e. The molecule has 0 bridgehead atoms. The molecule has 0 aliphatic carbocycles. The standard InChI is InChI=1S/C17H16N2O4S2/c1-19(25(21,22)14-6-4-13(23-2)5-7-14)12-3-8-15-11(9-12)10-16(24-15)17(18)20/h3-10H,1-2H3,(H2,18,20). The fraction of sp³-hybridized carbons (Fsp3) is 0.118. The van der Waals surface area contributed by atoms with E-state index in [9.17, 15) is 13.2 Å². The number of primary amides is 1. The molecule has 3 aromatic rings. The molecular formula is C17H16N2O4S2. The highest BCUT2D eigenvalue weighted by molar-refractivity contribution is 7.92. The number of hydrogen-bond acceptors (Lipinski definition) is 5. The Hall–Kier alpha value is -2.58. The minimum absolute atomic E-state index is 0.166. The van der Waals surface area contributed by atoms with E-state index in [-0.39, 0.29) is 4.90 Å². The van der Waals surface area contributed by atoms with Gasteiger partial charge in [-0.2, -0.15) is 0 Å². The van der Waals surface area contributed by atoms with Gasteiger partial charge in [0.15, 0.2) is 0 Å². The van der Waals surface area contributed by atoms with Crippen molar-refractivity contribution >= 4 is 43.0 Å². The Labute approximate surface area is 149 Å². The largest absolute Gasteiger partial charge is 0.497 e. The molecule has 0 radical (unpaired) electrons. The van der Waals surface area contributed by atoms with Gasteiger partial charge < -0.3 is 10.5 Å². The Kier molecular flexibility index (Phi) is 4.40. The van der Waals surface area contributed by atoms with Gasteiger partial charge in [0.1, 0.15) is 5.75 Å². The number of nitrogens with zero attached hydrogens (tertiary/aromatic N) is 1. The van der Waals surface area contributed by atoms with Crippen molar-refractivity contribution in [1.29, 1.82) is 0 Å². The highest BCUT2D eigenvalue weighted by Crippen LogP contribution is 2.31. The highest BCUT2D eigenvalue weighted by Gasteiger charge is 2.22. The molecule has 0 unspecified atom stereocenters. The van der Waals surface area contributed by atoms with E-state index in [1.807, 2.05) is 0 Å². The van der Waals surface area contributed by atoms with Gasteiger partial charge in [0.25, 0.3) is 15.9 Å². The van der Waals surface area contributed by atoms with Gasteiger partial charge >= 0.3 is 0 Å². The average molecular weight is 376 g/mol. The normalized spacial score (nSPS) is 11.4. The second-order valence-electron chi connectivity index (χ2n) is 5.35. The summed E-state index contributed by atoms with van der Waals surface area (Å²) in [5.41, 5.74) is 5.80. The van der Waals surface area contributed by atoms with Crippen molar-refractivity contribution < 1.29 is 17.9 Å². The summed E-state index contributed by atoms with van der Waals surface area (Å²) in [7, 11) is -0.698. The molecule has 0 atom stereocenters. The van der Waals surface area contributed by atoms with Gasteiger partial charge in [-0.25, -0.2) is 8.42 Å². The number of sulfonamides is 1. The van der Waals surface area contributed by atoms with E-state index in [4.69, 9.17) is 10.5 Å². The summed E-state index contributed by atoms with van der Waals surface area (Å²) in [5.74, 6) is 0.0854. The predicted octanol–water partition coefficient (Wildman–Crippen LogP) is 2.83. The molecule has 6 nitrogen and oxygen atoms in total. The number of rotatable bonds is 5. The zero-order valence-electron chi connectivity index (χ0n) is 13.6. The first-order chi connectivity index (χ1) is 11.8. The quantitative estimate of drug-likeness (QED) is 0.741. The molecule has 2 N–H and O–H groups in total. The van der Waals surface area contributed by atoms with Gasteiger partial charge in [0, 0.05) is 11.7 Å². The maximum atomic E-state index is 12.8. The van der Waals surface area contributed by atoms with E-state index < -0.39 is 15.9 Å². The van der Waals surface area contributed by atoms with E-state index in [2.05, 4.69) is 0 Å². The van der Waals surface area contributed by atoms with Gasteiger partial charge in [-0.05, 0) is 53.9 Å². The number of carbonyl (C=O) groups is 1. The maximum Gasteiger partial charge on any atom is 0.264 e. The number of benzene rings is 2. The number of ether oxygens (including phenoxy) is 1. The molecule has 1 amide bonds. The minimum atomic E-state index is -3.71. The summed E-state index contributed by atoms with van der Waals surface area (Å²) in [6.07, 6.45) is 0. The monoisotopic (exact) mass is 376 g/mol. The zero-order valence-corrected chi connectivity index (χ0v) is 15.2. The van der Waals surface area contributed by atoms with Crippen molar-refractivity contribution in [3.8, 4) is 5.75 Å². The van der Waals surface area contributed by atoms with E-state index in [0.717, 1.165) is 10.1 Å². The van der Waals surface area contributed by atoms with Crippen LogP contribution in [0.3, 0.4) is 0 Å². The Bertz CT molecular complexity index is 1040. The Balaban J connectivity index is 1.99. The second-order valence-corrected chi connectivity index (χ2v) is 8.40. The summed E-state index contributed by atoms with van der Waals surface area (Å²) in [6, 6.07) is 13.1. The molecule has 1 aromatic heterocycles. The van der Waals surface area contributed by atoms with Crippen LogP contribution in [0.2, 0.25) is 0 Å². The molecule has 3 rings (SSSR count). The molecule has 0 aliphatic heterocycles. The molecule has 25 heavy (non-hydrogen) atoms. The summed E-state index contributed by atoms with van der Waals surface area (Å²) in [5, 5.41) is 0.771. The number of anilines is 1. The summed E-state index contributed by atoms with van der Waals surface area (Å²) in [4.78, 5) is 11.9. The Morgan fingerprint density at radius 1 is 1.12 bits per heavy atom. The predicted molar refractivity (Wildman–Crippen MR) is 98.9 cm³/mol. The van der Waals surface area contributed by atoms with E-state index >= 15 is 0 Å². The second kappa shape index (κ2) is 6.38. The van der Waals surface area contributed by atoms with Gasteiger partial charge in [0.05, 0.1) is 22.6 Å². The third-order valence-electron chi connectivity index (χ3n) is 3.82. The lowest BCUT2D eigenvalue weighted by Crippen LogP contribution is -2.26. The van der Waals surface area contributed by atoms with Gasteiger partial charge in [-0.15, -0.1) is 11.3 Å². The van der Waals surface area contributed by atoms with Crippen molar-refractivity contribution in [2.75, 3.05) is 18.5 Å². The van der Waals surface area contributed by atoms with Crippen LogP contribution in [0.4, 0.5) is 5.69 Å². The van der Waals surface area contributed by atoms with Crippen molar-refractivity contribution in [1.82, 2.24) is 0 Å². The van der Waals surface area contributed by atoms with Gasteiger partial charge in [0.2, 0.25) is 0 Å². The first kappa shape index (κ1) is 17.2. The van der Waals surface area contributed by atoms with Crippen LogP contribution in [0.15, 0.2) is 53.4 Å². The van der Waals surface area contributed by atoms with Crippen LogP contribution in [0.1, 0.15) is 9.67 Å². The molecule has 1 heterocycles. The zero-order chi connectivity index (χ0) is 18.2. The molecule has 0 aliphatic rings. The van der Waals surface area contributed by atoms with Crippen LogP contribution in [0, 0.1) is 0 Å². The molecule has 8 heteroatoms. The fourth-order valence-corrected chi connectivity index (χ4v) is 4.48. The fourth-order valence-electron chi connectivity index (χ4n) is 2.39. The van der Waals surface area contributed by atoms with Crippen molar-refractivity contribution in [3.05, 3.63) is 53.4 Å². The highest BCUT2D eigenvalue weighted by atomic mass is 32.2. The van der Waals surface area contributed by atoms with E-state index in [1.54, 1.807) is 36.4 Å². The number of thiophene rings is 1. The number of carbonyl (C=O) groups excluding carboxylic acids is 1. The molecule has 2 aromatic carbocycles. The van der Waals surface area contributed by atoms with Crippen molar-refractivity contribution in [3.63, 3.8) is 0 Å². The third kappa shape index (κ3) is 3.18. The van der Waals surface area contributed by atoms with Crippen LogP contribution >= 0.6 is 11.3 Å². The van der Waals surface area contributed by atoms with Crippen LogP contribution < -0.4 is 14.8 Å². The van der Waals surface area contributed by atoms with E-state index in [0.29, 0.717) is 16.3 Å². The summed E-state index contributed by atoms with van der Waals surface area (Å²) < 4.78 is 32.7. The Morgan fingerprint density at radius 3 is 2.40 bits per heavy atom. The number of methoxy groups -OCH3 is 1. The van der Waals surface area contributed by atoms with Gasteiger partial charge in [-0.1, -0.05) is 0 Å². The van der Waals surface area contributed by atoms with Crippen LogP contribution in [-0.2, 0) is 10.0 Å². The number of hydrogen-bond donors (Lipinski definition) is 1. The molecule has 0 saturated heterocycles. The molecule has 0 saturated carbocycles. The lowest BCUT2D eigenvalue weighted by atomic mass is 10.2. The number of nitrogens with two attached hydrogens (primary N) is 1.